The number of carbonyl (C=O) groups is 2. The molecule has 0 unspecified atom stereocenters. The number of rotatable bonds is 5. The van der Waals surface area contributed by atoms with Crippen LogP contribution >= 0.6 is 11.3 Å². The van der Waals surface area contributed by atoms with Crippen molar-refractivity contribution < 1.29 is 9.59 Å². The lowest BCUT2D eigenvalue weighted by Gasteiger charge is -2.26. The van der Waals surface area contributed by atoms with Gasteiger partial charge in [-0.3, -0.25) is 10.1 Å². The maximum atomic E-state index is 12.9. The Balaban J connectivity index is 1.17. The van der Waals surface area contributed by atoms with Crippen molar-refractivity contribution in [2.75, 3.05) is 11.9 Å². The number of nitrogens with zero attached hydrogens (tertiary/aromatic N) is 2. The minimum absolute atomic E-state index is 0.120. The number of carbonyl (C=O) groups excluding carboxylic acids is 2. The third-order valence-corrected chi connectivity index (χ3v) is 7.41. The fourth-order valence-electron chi connectivity index (χ4n) is 4.58. The smallest absolute Gasteiger partial charge is 0.321 e. The van der Waals surface area contributed by atoms with Gasteiger partial charge in [-0.15, -0.1) is 0 Å². The van der Waals surface area contributed by atoms with Gasteiger partial charge in [-0.05, 0) is 29.5 Å². The van der Waals surface area contributed by atoms with Gasteiger partial charge in [0.05, 0.1) is 18.7 Å². The monoisotopic (exact) mass is 460 g/mol. The highest BCUT2D eigenvalue weighted by atomic mass is 32.1. The summed E-state index contributed by atoms with van der Waals surface area (Å²) in [4.78, 5) is 32.7. The Labute approximate surface area is 198 Å². The van der Waals surface area contributed by atoms with Gasteiger partial charge in [-0.1, -0.05) is 78.8 Å². The first kappa shape index (κ1) is 21.6. The lowest BCUT2D eigenvalue weighted by atomic mass is 10.0. The molecule has 0 radical (unpaired) electrons. The molecule has 2 aromatic carbocycles. The number of anilines is 1. The van der Waals surface area contributed by atoms with Crippen molar-refractivity contribution in [3.05, 3.63) is 70.7 Å². The Kier molecular flexibility index (Phi) is 6.39. The number of fused-ring (bicyclic) bond motifs is 1. The normalized spacial score (nSPS) is 15.8. The van der Waals surface area contributed by atoms with Crippen LogP contribution in [0.15, 0.2) is 54.6 Å². The lowest BCUT2D eigenvalue weighted by Crippen LogP contribution is -2.36. The summed E-state index contributed by atoms with van der Waals surface area (Å²) in [5, 5.41) is 6.52. The average molecular weight is 461 g/mol. The van der Waals surface area contributed by atoms with Crippen LogP contribution < -0.4 is 10.6 Å². The van der Waals surface area contributed by atoms with Crippen molar-refractivity contribution in [2.24, 2.45) is 0 Å². The first-order valence-electron chi connectivity index (χ1n) is 11.6. The van der Waals surface area contributed by atoms with Crippen LogP contribution in [0.25, 0.3) is 11.1 Å². The van der Waals surface area contributed by atoms with Gasteiger partial charge >= 0.3 is 6.03 Å². The molecule has 1 aromatic heterocycles. The van der Waals surface area contributed by atoms with E-state index in [4.69, 9.17) is 0 Å². The van der Waals surface area contributed by atoms with E-state index in [1.807, 2.05) is 35.2 Å². The number of urea groups is 1. The highest BCUT2D eigenvalue weighted by Gasteiger charge is 2.25. The molecule has 2 heterocycles. The Hall–Kier alpha value is -3.19. The van der Waals surface area contributed by atoms with E-state index in [1.165, 1.54) is 29.7 Å². The van der Waals surface area contributed by atoms with E-state index in [0.717, 1.165) is 41.0 Å². The number of hydrogen-bond donors (Lipinski definition) is 2. The van der Waals surface area contributed by atoms with Crippen molar-refractivity contribution in [3.8, 4) is 11.1 Å². The Morgan fingerprint density at radius 3 is 2.48 bits per heavy atom. The van der Waals surface area contributed by atoms with Crippen LogP contribution in [0.3, 0.4) is 0 Å². The fraction of sp³-hybridized carbons (Fsp3) is 0.346. The first-order chi connectivity index (χ1) is 16.1. The number of benzene rings is 2. The molecule has 1 aliphatic heterocycles. The molecular weight excluding hydrogens is 432 g/mol. The maximum Gasteiger partial charge on any atom is 0.321 e. The molecule has 0 spiro atoms. The second-order valence-electron chi connectivity index (χ2n) is 8.77. The third-order valence-electron chi connectivity index (χ3n) is 6.41. The molecule has 3 amide bonds. The fourth-order valence-corrected chi connectivity index (χ4v) is 5.60. The van der Waals surface area contributed by atoms with E-state index in [2.05, 4.69) is 39.9 Å². The van der Waals surface area contributed by atoms with Gasteiger partial charge in [0.15, 0.2) is 5.13 Å². The highest BCUT2D eigenvalue weighted by molar-refractivity contribution is 7.15. The molecule has 3 aromatic rings. The topological polar surface area (TPSA) is 74.3 Å². The number of aromatic nitrogens is 1. The summed E-state index contributed by atoms with van der Waals surface area (Å²) in [5.41, 5.74) is 4.33. The van der Waals surface area contributed by atoms with Crippen LogP contribution in [0.2, 0.25) is 0 Å². The largest absolute Gasteiger partial charge is 0.337 e. The van der Waals surface area contributed by atoms with Gasteiger partial charge in [0.1, 0.15) is 0 Å². The van der Waals surface area contributed by atoms with E-state index in [9.17, 15) is 9.59 Å². The van der Waals surface area contributed by atoms with Crippen molar-refractivity contribution in [1.82, 2.24) is 15.2 Å². The summed E-state index contributed by atoms with van der Waals surface area (Å²) >= 11 is 1.47. The summed E-state index contributed by atoms with van der Waals surface area (Å²) in [5.74, 6) is 0.120. The SMILES string of the molecule is O=C(Nc1nc2c(s1)CN(C(=O)Cc1ccc(-c3ccccc3)cc1)CC2)NC1CCCC1. The lowest BCUT2D eigenvalue weighted by molar-refractivity contribution is -0.131. The molecule has 0 saturated heterocycles. The Morgan fingerprint density at radius 1 is 1.00 bits per heavy atom. The molecule has 5 rings (SSSR count). The number of nitrogens with one attached hydrogen (secondary N) is 2. The van der Waals surface area contributed by atoms with Crippen LogP contribution in [-0.2, 0) is 24.2 Å². The van der Waals surface area contributed by atoms with Crippen molar-refractivity contribution >= 4 is 28.4 Å². The Bertz CT molecular complexity index is 1120. The molecule has 6 nitrogen and oxygen atoms in total. The molecule has 170 valence electrons. The molecule has 7 heteroatoms. The molecular formula is C26H28N4O2S. The molecule has 1 fully saturated rings. The summed E-state index contributed by atoms with van der Waals surface area (Å²) in [7, 11) is 0. The summed E-state index contributed by atoms with van der Waals surface area (Å²) in [6, 6.07) is 18.5. The molecule has 1 aliphatic carbocycles. The van der Waals surface area contributed by atoms with Crippen LogP contribution in [0, 0.1) is 0 Å². The third kappa shape index (κ3) is 5.25. The van der Waals surface area contributed by atoms with Gasteiger partial charge < -0.3 is 10.2 Å². The molecule has 1 saturated carbocycles. The second-order valence-corrected chi connectivity index (χ2v) is 9.86. The molecule has 2 aliphatic rings. The molecule has 33 heavy (non-hydrogen) atoms. The van der Waals surface area contributed by atoms with Gasteiger partial charge in [-0.2, -0.15) is 0 Å². The highest BCUT2D eigenvalue weighted by Crippen LogP contribution is 2.29. The maximum absolute atomic E-state index is 12.9. The van der Waals surface area contributed by atoms with Crippen molar-refractivity contribution in [3.63, 3.8) is 0 Å². The zero-order valence-corrected chi connectivity index (χ0v) is 19.4. The van der Waals surface area contributed by atoms with Crippen LogP contribution in [0.4, 0.5) is 9.93 Å². The summed E-state index contributed by atoms with van der Waals surface area (Å²) in [6.45, 7) is 1.21. The first-order valence-corrected chi connectivity index (χ1v) is 12.4. The number of hydrogen-bond acceptors (Lipinski definition) is 4. The average Bonchev–Trinajstić information content (AvgIpc) is 3.48. The second kappa shape index (κ2) is 9.75. The van der Waals surface area contributed by atoms with Gasteiger partial charge in [0.25, 0.3) is 0 Å². The summed E-state index contributed by atoms with van der Waals surface area (Å²) < 4.78 is 0. The van der Waals surface area contributed by atoms with E-state index >= 15 is 0 Å². The zero-order valence-electron chi connectivity index (χ0n) is 18.5. The molecule has 0 atom stereocenters. The van der Waals surface area contributed by atoms with E-state index < -0.39 is 0 Å². The minimum atomic E-state index is -0.181. The number of amides is 3. The van der Waals surface area contributed by atoms with Crippen LogP contribution in [-0.4, -0.2) is 34.4 Å². The molecule has 2 N–H and O–H groups in total. The van der Waals surface area contributed by atoms with Gasteiger partial charge in [0.2, 0.25) is 5.91 Å². The standard InChI is InChI=1S/C26H28N4O2S/c31-24(16-18-10-12-20(13-11-18)19-6-2-1-3-7-19)30-15-14-22-23(17-30)33-26(28-22)29-25(32)27-21-8-4-5-9-21/h1-3,6-7,10-13,21H,4-5,8-9,14-17H2,(H2,27,28,29,32). The van der Waals surface area contributed by atoms with Gasteiger partial charge in [0, 0.05) is 23.9 Å². The van der Waals surface area contributed by atoms with E-state index in [0.29, 0.717) is 24.6 Å². The minimum Gasteiger partial charge on any atom is -0.337 e. The van der Waals surface area contributed by atoms with Gasteiger partial charge in [-0.25, -0.2) is 9.78 Å². The van der Waals surface area contributed by atoms with Crippen molar-refractivity contribution in [2.45, 2.75) is 51.1 Å². The van der Waals surface area contributed by atoms with Crippen LogP contribution in [0.5, 0.6) is 0 Å². The predicted octanol–water partition coefficient (Wildman–Crippen LogP) is 5.00. The van der Waals surface area contributed by atoms with Crippen molar-refractivity contribution in [1.29, 1.82) is 0 Å². The Morgan fingerprint density at radius 2 is 1.73 bits per heavy atom. The predicted molar refractivity (Wildman–Crippen MR) is 131 cm³/mol. The zero-order chi connectivity index (χ0) is 22.6. The molecule has 0 bridgehead atoms. The summed E-state index contributed by atoms with van der Waals surface area (Å²) in [6.07, 6.45) is 5.56. The van der Waals surface area contributed by atoms with E-state index in [1.54, 1.807) is 0 Å². The van der Waals surface area contributed by atoms with E-state index in [-0.39, 0.29) is 18.0 Å². The number of thiazole rings is 1. The quantitative estimate of drug-likeness (QED) is 0.563. The van der Waals surface area contributed by atoms with Crippen LogP contribution in [0.1, 0.15) is 41.8 Å².